The minimum absolute atomic E-state index is 0.221. The average Bonchev–Trinajstić information content (AvgIpc) is 2.61. The van der Waals surface area contributed by atoms with Gasteiger partial charge in [-0.25, -0.2) is 9.78 Å². The lowest BCUT2D eigenvalue weighted by molar-refractivity contribution is 0.0526. The Hall–Kier alpha value is -3.09. The van der Waals surface area contributed by atoms with Crippen LogP contribution in [0.2, 0.25) is 0 Å². The van der Waals surface area contributed by atoms with Crippen molar-refractivity contribution in [2.75, 3.05) is 26.1 Å². The lowest BCUT2D eigenvalue weighted by Crippen LogP contribution is -2.16. The second kappa shape index (κ2) is 7.96. The van der Waals surface area contributed by atoms with Gasteiger partial charge in [0.2, 0.25) is 0 Å². The summed E-state index contributed by atoms with van der Waals surface area (Å²) in [6.45, 7) is 1.98. The van der Waals surface area contributed by atoms with Crippen molar-refractivity contribution < 1.29 is 23.8 Å². The van der Waals surface area contributed by atoms with Crippen molar-refractivity contribution in [3.63, 3.8) is 0 Å². The van der Waals surface area contributed by atoms with Crippen molar-refractivity contribution in [2.24, 2.45) is 0 Å². The van der Waals surface area contributed by atoms with Crippen LogP contribution >= 0.6 is 0 Å². The summed E-state index contributed by atoms with van der Waals surface area (Å²) in [5, 5.41) is 2.63. The third kappa shape index (κ3) is 3.81. The van der Waals surface area contributed by atoms with Crippen LogP contribution < -0.4 is 14.8 Å². The van der Waals surface area contributed by atoms with Gasteiger partial charge in [0, 0.05) is 6.20 Å². The Labute approximate surface area is 139 Å². The van der Waals surface area contributed by atoms with Crippen LogP contribution in [0.1, 0.15) is 27.6 Å². The number of carbonyl (C=O) groups excluding carboxylic acids is 2. The maximum Gasteiger partial charge on any atom is 0.338 e. The summed E-state index contributed by atoms with van der Waals surface area (Å²) in [5.41, 5.74) is 0.542. The number of nitrogens with one attached hydrogen (secondary N) is 1. The molecule has 24 heavy (non-hydrogen) atoms. The number of pyridine rings is 1. The SMILES string of the molecule is CCOC(=O)c1ccnc(NC(=O)c2c(OC)cccc2OC)c1. The lowest BCUT2D eigenvalue weighted by Gasteiger charge is -2.13. The number of hydrogen-bond acceptors (Lipinski definition) is 6. The molecule has 0 saturated heterocycles. The van der Waals surface area contributed by atoms with Crippen molar-refractivity contribution >= 4 is 17.7 Å². The number of hydrogen-bond donors (Lipinski definition) is 1. The highest BCUT2D eigenvalue weighted by Gasteiger charge is 2.19. The number of ether oxygens (including phenoxy) is 3. The first-order valence-corrected chi connectivity index (χ1v) is 7.26. The van der Waals surface area contributed by atoms with Gasteiger partial charge in [-0.2, -0.15) is 0 Å². The molecule has 1 aromatic carbocycles. The Morgan fingerprint density at radius 2 is 1.79 bits per heavy atom. The van der Waals surface area contributed by atoms with Gasteiger partial charge in [-0.3, -0.25) is 4.79 Å². The molecule has 0 aliphatic rings. The molecule has 0 saturated carbocycles. The Balaban J connectivity index is 2.28. The normalized spacial score (nSPS) is 9.96. The summed E-state index contributed by atoms with van der Waals surface area (Å²) in [6, 6.07) is 7.98. The number of aromatic nitrogens is 1. The van der Waals surface area contributed by atoms with Crippen LogP contribution in [0.25, 0.3) is 0 Å². The standard InChI is InChI=1S/C17H18N2O5/c1-4-24-17(21)11-8-9-18-14(10-11)19-16(20)15-12(22-2)6-5-7-13(15)23-3/h5-10H,4H2,1-3H3,(H,18,19,20). The topological polar surface area (TPSA) is 86.8 Å². The van der Waals surface area contributed by atoms with Crippen molar-refractivity contribution in [1.82, 2.24) is 4.98 Å². The van der Waals surface area contributed by atoms with Gasteiger partial charge in [-0.05, 0) is 31.2 Å². The maximum absolute atomic E-state index is 12.6. The minimum atomic E-state index is -0.481. The number of anilines is 1. The largest absolute Gasteiger partial charge is 0.496 e. The summed E-state index contributed by atoms with van der Waals surface area (Å²) in [7, 11) is 2.93. The second-order valence-corrected chi connectivity index (χ2v) is 4.64. The van der Waals surface area contributed by atoms with Gasteiger partial charge >= 0.3 is 5.97 Å². The van der Waals surface area contributed by atoms with Crippen LogP contribution in [0.5, 0.6) is 11.5 Å². The molecule has 0 aliphatic carbocycles. The van der Waals surface area contributed by atoms with Crippen molar-refractivity contribution in [3.05, 3.63) is 47.7 Å². The predicted molar refractivity (Wildman–Crippen MR) is 87.7 cm³/mol. The zero-order valence-electron chi connectivity index (χ0n) is 13.7. The highest BCUT2D eigenvalue weighted by Crippen LogP contribution is 2.28. The van der Waals surface area contributed by atoms with Crippen LogP contribution in [0.3, 0.4) is 0 Å². The monoisotopic (exact) mass is 330 g/mol. The van der Waals surface area contributed by atoms with Crippen molar-refractivity contribution in [2.45, 2.75) is 6.92 Å². The van der Waals surface area contributed by atoms with Gasteiger partial charge in [0.15, 0.2) is 0 Å². The van der Waals surface area contributed by atoms with E-state index < -0.39 is 11.9 Å². The van der Waals surface area contributed by atoms with Crippen molar-refractivity contribution in [1.29, 1.82) is 0 Å². The zero-order chi connectivity index (χ0) is 17.5. The molecule has 1 N–H and O–H groups in total. The molecule has 2 aromatic rings. The van der Waals surface area contributed by atoms with E-state index in [2.05, 4.69) is 10.3 Å². The fourth-order valence-corrected chi connectivity index (χ4v) is 2.09. The molecule has 126 valence electrons. The molecule has 1 amide bonds. The molecule has 0 spiro atoms. The van der Waals surface area contributed by atoms with Gasteiger partial charge in [0.1, 0.15) is 22.9 Å². The molecule has 0 atom stereocenters. The van der Waals surface area contributed by atoms with E-state index in [1.807, 2.05) is 0 Å². The van der Waals surface area contributed by atoms with E-state index in [9.17, 15) is 9.59 Å². The number of carbonyl (C=O) groups is 2. The summed E-state index contributed by atoms with van der Waals surface area (Å²) in [4.78, 5) is 28.3. The van der Waals surface area contributed by atoms with Crippen LogP contribution in [0, 0.1) is 0 Å². The molecule has 0 bridgehead atoms. The van der Waals surface area contributed by atoms with E-state index in [4.69, 9.17) is 14.2 Å². The molecule has 2 rings (SSSR count). The number of rotatable bonds is 6. The molecule has 7 nitrogen and oxygen atoms in total. The lowest BCUT2D eigenvalue weighted by atomic mass is 10.1. The Kier molecular flexibility index (Phi) is 5.73. The highest BCUT2D eigenvalue weighted by atomic mass is 16.5. The first-order chi connectivity index (χ1) is 11.6. The van der Waals surface area contributed by atoms with E-state index in [0.29, 0.717) is 17.1 Å². The first-order valence-electron chi connectivity index (χ1n) is 7.26. The van der Waals surface area contributed by atoms with Gasteiger partial charge in [0.25, 0.3) is 5.91 Å². The smallest absolute Gasteiger partial charge is 0.338 e. The molecule has 7 heteroatoms. The average molecular weight is 330 g/mol. The predicted octanol–water partition coefficient (Wildman–Crippen LogP) is 2.53. The van der Waals surface area contributed by atoms with E-state index in [0.717, 1.165) is 0 Å². The van der Waals surface area contributed by atoms with Gasteiger partial charge in [-0.1, -0.05) is 6.07 Å². The maximum atomic E-state index is 12.6. The fraction of sp³-hybridized carbons (Fsp3) is 0.235. The summed E-state index contributed by atoms with van der Waals surface area (Å²) >= 11 is 0. The highest BCUT2D eigenvalue weighted by molar-refractivity contribution is 6.08. The van der Waals surface area contributed by atoms with Crippen LogP contribution in [-0.4, -0.2) is 37.7 Å². The number of benzene rings is 1. The molecular weight excluding hydrogens is 312 g/mol. The third-order valence-electron chi connectivity index (χ3n) is 3.17. The number of nitrogens with zero attached hydrogens (tertiary/aromatic N) is 1. The molecule has 0 unspecified atom stereocenters. The number of amides is 1. The number of methoxy groups -OCH3 is 2. The van der Waals surface area contributed by atoms with Crippen LogP contribution in [0.4, 0.5) is 5.82 Å². The van der Waals surface area contributed by atoms with E-state index in [1.165, 1.54) is 32.5 Å². The Morgan fingerprint density at radius 3 is 2.38 bits per heavy atom. The quantitative estimate of drug-likeness (QED) is 0.819. The Morgan fingerprint density at radius 1 is 1.12 bits per heavy atom. The van der Waals surface area contributed by atoms with E-state index in [1.54, 1.807) is 25.1 Å². The molecule has 0 fully saturated rings. The van der Waals surface area contributed by atoms with Gasteiger partial charge in [-0.15, -0.1) is 0 Å². The summed E-state index contributed by atoms with van der Waals surface area (Å²) in [6.07, 6.45) is 1.42. The summed E-state index contributed by atoms with van der Waals surface area (Å²) < 4.78 is 15.3. The van der Waals surface area contributed by atoms with Crippen LogP contribution in [0.15, 0.2) is 36.5 Å². The second-order valence-electron chi connectivity index (χ2n) is 4.64. The van der Waals surface area contributed by atoms with Gasteiger partial charge < -0.3 is 19.5 Å². The third-order valence-corrected chi connectivity index (χ3v) is 3.17. The zero-order valence-corrected chi connectivity index (χ0v) is 13.7. The molecule has 0 radical (unpaired) electrons. The van der Waals surface area contributed by atoms with Gasteiger partial charge in [0.05, 0.1) is 26.4 Å². The molecular formula is C17H18N2O5. The number of esters is 1. The van der Waals surface area contributed by atoms with Crippen molar-refractivity contribution in [3.8, 4) is 11.5 Å². The molecule has 0 aliphatic heterocycles. The summed E-state index contributed by atoms with van der Waals surface area (Å²) in [5.74, 6) is 0.0170. The fourth-order valence-electron chi connectivity index (χ4n) is 2.09. The first kappa shape index (κ1) is 17.3. The molecule has 1 heterocycles. The van der Waals surface area contributed by atoms with E-state index >= 15 is 0 Å². The molecule has 1 aromatic heterocycles. The Bertz CT molecular complexity index is 723. The van der Waals surface area contributed by atoms with Crippen LogP contribution in [-0.2, 0) is 4.74 Å². The minimum Gasteiger partial charge on any atom is -0.496 e. The van der Waals surface area contributed by atoms with E-state index in [-0.39, 0.29) is 18.0 Å².